The Bertz CT molecular complexity index is 420. The number of hydrazone groups is 1. The van der Waals surface area contributed by atoms with Crippen LogP contribution in [0.1, 0.15) is 12.8 Å². The zero-order valence-electron chi connectivity index (χ0n) is 10.4. The van der Waals surface area contributed by atoms with Crippen molar-refractivity contribution in [3.05, 3.63) is 24.3 Å². The van der Waals surface area contributed by atoms with Crippen molar-refractivity contribution in [3.8, 4) is 0 Å². The summed E-state index contributed by atoms with van der Waals surface area (Å²) in [7, 11) is 0. The molecule has 18 heavy (non-hydrogen) atoms. The summed E-state index contributed by atoms with van der Waals surface area (Å²) >= 11 is 0. The van der Waals surface area contributed by atoms with Crippen LogP contribution in [-0.2, 0) is 0 Å². The summed E-state index contributed by atoms with van der Waals surface area (Å²) in [5.74, 6) is 0. The van der Waals surface area contributed by atoms with Crippen LogP contribution < -0.4 is 16.0 Å². The van der Waals surface area contributed by atoms with Crippen LogP contribution in [0.4, 0.5) is 11.4 Å². The molecule has 0 bridgehead atoms. The number of nitrogens with two attached hydrogens (primary N) is 1. The van der Waals surface area contributed by atoms with Crippen molar-refractivity contribution in [1.29, 1.82) is 0 Å². The van der Waals surface area contributed by atoms with Gasteiger partial charge in [-0.2, -0.15) is 5.10 Å². The lowest BCUT2D eigenvalue weighted by molar-refractivity contribution is 0.188. The highest BCUT2D eigenvalue weighted by atomic mass is 15.5. The number of benzene rings is 1. The van der Waals surface area contributed by atoms with E-state index in [4.69, 9.17) is 5.73 Å². The van der Waals surface area contributed by atoms with Crippen LogP contribution in [0.5, 0.6) is 0 Å². The molecule has 0 aromatic heterocycles. The molecule has 1 fully saturated rings. The summed E-state index contributed by atoms with van der Waals surface area (Å²) in [6, 6.07) is 8.71. The van der Waals surface area contributed by atoms with Crippen LogP contribution in [0.2, 0.25) is 0 Å². The third-order valence-corrected chi connectivity index (χ3v) is 3.69. The fraction of sp³-hybridized carbons (Fsp3) is 0.462. The summed E-state index contributed by atoms with van der Waals surface area (Å²) in [4.78, 5) is 2.42. The number of piperidine rings is 1. The molecule has 2 heterocycles. The summed E-state index contributed by atoms with van der Waals surface area (Å²) in [5.41, 5.74) is 7.81. The van der Waals surface area contributed by atoms with Gasteiger partial charge in [-0.05, 0) is 37.1 Å². The van der Waals surface area contributed by atoms with Crippen LogP contribution in [0.3, 0.4) is 0 Å². The van der Waals surface area contributed by atoms with Crippen molar-refractivity contribution in [2.45, 2.75) is 18.9 Å². The first-order chi connectivity index (χ1) is 8.83. The van der Waals surface area contributed by atoms with Crippen LogP contribution in [0.15, 0.2) is 29.4 Å². The highest BCUT2D eigenvalue weighted by molar-refractivity contribution is 5.55. The Morgan fingerprint density at radius 2 is 1.89 bits per heavy atom. The van der Waals surface area contributed by atoms with Crippen molar-refractivity contribution < 1.29 is 0 Å². The number of anilines is 2. The van der Waals surface area contributed by atoms with Gasteiger partial charge >= 0.3 is 0 Å². The molecule has 0 saturated carbocycles. The Kier molecular flexibility index (Phi) is 2.96. The molecule has 5 heteroatoms. The molecule has 2 aliphatic heterocycles. The van der Waals surface area contributed by atoms with Crippen molar-refractivity contribution in [1.82, 2.24) is 10.3 Å². The lowest BCUT2D eigenvalue weighted by atomic mass is 10.0. The van der Waals surface area contributed by atoms with E-state index < -0.39 is 0 Å². The Labute approximate surface area is 107 Å². The van der Waals surface area contributed by atoms with Gasteiger partial charge in [-0.15, -0.1) is 0 Å². The van der Waals surface area contributed by atoms with Gasteiger partial charge in [0.15, 0.2) is 0 Å². The predicted octanol–water partition coefficient (Wildman–Crippen LogP) is 1.04. The SMILES string of the molecule is Nc1ccc(N2CCC(N3CNC=N3)CC2)cc1. The molecule has 0 atom stereocenters. The first-order valence-corrected chi connectivity index (χ1v) is 6.46. The molecule has 2 aliphatic rings. The Balaban J connectivity index is 1.59. The van der Waals surface area contributed by atoms with E-state index in [1.54, 1.807) is 6.34 Å². The zero-order chi connectivity index (χ0) is 12.4. The third-order valence-electron chi connectivity index (χ3n) is 3.69. The highest BCUT2D eigenvalue weighted by Crippen LogP contribution is 2.23. The third kappa shape index (κ3) is 2.20. The largest absolute Gasteiger partial charge is 0.399 e. The molecule has 0 spiro atoms. The molecule has 3 N–H and O–H groups in total. The fourth-order valence-electron chi connectivity index (χ4n) is 2.62. The van der Waals surface area contributed by atoms with Gasteiger partial charge in [0.05, 0.1) is 6.04 Å². The van der Waals surface area contributed by atoms with Crippen LogP contribution in [0, 0.1) is 0 Å². The second kappa shape index (κ2) is 4.76. The maximum absolute atomic E-state index is 5.71. The van der Waals surface area contributed by atoms with Crippen molar-refractivity contribution >= 4 is 17.7 Å². The molecular formula is C13H19N5. The van der Waals surface area contributed by atoms with E-state index in [1.165, 1.54) is 5.69 Å². The molecule has 0 radical (unpaired) electrons. The normalized spacial score (nSPS) is 20.2. The lowest BCUT2D eigenvalue weighted by Crippen LogP contribution is -2.43. The average molecular weight is 245 g/mol. The molecule has 96 valence electrons. The van der Waals surface area contributed by atoms with Gasteiger partial charge in [-0.3, -0.25) is 5.01 Å². The van der Waals surface area contributed by atoms with E-state index in [2.05, 4.69) is 32.5 Å². The van der Waals surface area contributed by atoms with Gasteiger partial charge in [0, 0.05) is 24.5 Å². The predicted molar refractivity (Wildman–Crippen MR) is 74.4 cm³/mol. The quantitative estimate of drug-likeness (QED) is 0.765. The molecule has 0 aliphatic carbocycles. The number of nitrogens with zero attached hydrogens (tertiary/aromatic N) is 3. The van der Waals surface area contributed by atoms with Gasteiger partial charge in [0.1, 0.15) is 13.0 Å². The number of hydrogen-bond acceptors (Lipinski definition) is 5. The molecule has 5 nitrogen and oxygen atoms in total. The van der Waals surface area contributed by atoms with Gasteiger partial charge in [-0.25, -0.2) is 0 Å². The summed E-state index contributed by atoms with van der Waals surface area (Å²) in [6.45, 7) is 3.02. The number of rotatable bonds is 2. The Hall–Kier alpha value is -1.91. The van der Waals surface area contributed by atoms with Crippen LogP contribution in [-0.4, -0.2) is 37.1 Å². The molecule has 0 amide bonds. The molecule has 3 rings (SSSR count). The Morgan fingerprint density at radius 1 is 1.17 bits per heavy atom. The van der Waals surface area contributed by atoms with E-state index >= 15 is 0 Å². The minimum absolute atomic E-state index is 0.571. The monoisotopic (exact) mass is 245 g/mol. The first-order valence-electron chi connectivity index (χ1n) is 6.46. The Morgan fingerprint density at radius 3 is 2.50 bits per heavy atom. The van der Waals surface area contributed by atoms with E-state index in [1.807, 2.05) is 12.1 Å². The molecule has 0 unspecified atom stereocenters. The average Bonchev–Trinajstić information content (AvgIpc) is 2.94. The summed E-state index contributed by atoms with van der Waals surface area (Å²) in [6.07, 6.45) is 4.10. The van der Waals surface area contributed by atoms with Crippen molar-refractivity contribution in [3.63, 3.8) is 0 Å². The first kappa shape index (κ1) is 11.2. The standard InChI is InChI=1S/C13H19N5/c14-11-1-3-12(4-2-11)17-7-5-13(6-8-17)18-10-15-9-16-18/h1-4,9,13H,5-8,10,14H2,(H,15,16). The topological polar surface area (TPSA) is 56.9 Å². The number of nitrogens with one attached hydrogen (secondary N) is 1. The van der Waals surface area contributed by atoms with E-state index in [9.17, 15) is 0 Å². The van der Waals surface area contributed by atoms with E-state index in [0.29, 0.717) is 6.04 Å². The molecular weight excluding hydrogens is 226 g/mol. The van der Waals surface area contributed by atoms with Gasteiger partial charge in [-0.1, -0.05) is 0 Å². The van der Waals surface area contributed by atoms with Gasteiger partial charge in [0.2, 0.25) is 0 Å². The number of hydrogen-bond donors (Lipinski definition) is 2. The highest BCUT2D eigenvalue weighted by Gasteiger charge is 2.24. The second-order valence-electron chi connectivity index (χ2n) is 4.86. The van der Waals surface area contributed by atoms with Crippen LogP contribution in [0.25, 0.3) is 0 Å². The molecule has 1 saturated heterocycles. The molecule has 1 aromatic carbocycles. The lowest BCUT2D eigenvalue weighted by Gasteiger charge is -2.36. The van der Waals surface area contributed by atoms with Crippen molar-refractivity contribution in [2.24, 2.45) is 5.10 Å². The van der Waals surface area contributed by atoms with E-state index in [-0.39, 0.29) is 0 Å². The van der Waals surface area contributed by atoms with Gasteiger partial charge < -0.3 is 16.0 Å². The summed E-state index contributed by atoms with van der Waals surface area (Å²) < 4.78 is 0. The summed E-state index contributed by atoms with van der Waals surface area (Å²) in [5, 5.41) is 9.61. The minimum Gasteiger partial charge on any atom is -0.399 e. The van der Waals surface area contributed by atoms with E-state index in [0.717, 1.165) is 38.3 Å². The van der Waals surface area contributed by atoms with Crippen LogP contribution >= 0.6 is 0 Å². The zero-order valence-corrected chi connectivity index (χ0v) is 10.4. The molecule has 1 aromatic rings. The second-order valence-corrected chi connectivity index (χ2v) is 4.86. The fourth-order valence-corrected chi connectivity index (χ4v) is 2.62. The smallest absolute Gasteiger partial charge is 0.110 e. The van der Waals surface area contributed by atoms with Gasteiger partial charge in [0.25, 0.3) is 0 Å². The van der Waals surface area contributed by atoms with Crippen molar-refractivity contribution in [2.75, 3.05) is 30.4 Å². The number of nitrogen functional groups attached to an aromatic ring is 1. The maximum Gasteiger partial charge on any atom is 0.110 e. The minimum atomic E-state index is 0.571. The maximum atomic E-state index is 5.71.